The first-order valence-electron chi connectivity index (χ1n) is 12.5. The molecule has 3 nitrogen and oxygen atoms in total. The lowest BCUT2D eigenvalue weighted by molar-refractivity contribution is 0.202. The minimum atomic E-state index is -0.333. The van der Waals surface area contributed by atoms with E-state index in [1.54, 1.807) is 6.07 Å². The molecule has 1 saturated carbocycles. The van der Waals surface area contributed by atoms with Crippen molar-refractivity contribution in [3.05, 3.63) is 42.0 Å². The zero-order valence-electron chi connectivity index (χ0n) is 19.3. The lowest BCUT2D eigenvalue weighted by Gasteiger charge is -2.21. The second-order valence-corrected chi connectivity index (χ2v) is 9.10. The van der Waals surface area contributed by atoms with Crippen molar-refractivity contribution in [3.63, 3.8) is 0 Å². The number of hydrogen-bond acceptors (Lipinski definition) is 3. The maximum Gasteiger partial charge on any atom is 0.165 e. The SMILES string of the molecule is CCCCCCCCCCc1cnc(-c2ccc(OCC3CCCCC3)c(F)c2)nc1. The van der Waals surface area contributed by atoms with Gasteiger partial charge in [-0.25, -0.2) is 14.4 Å². The molecule has 1 fully saturated rings. The highest BCUT2D eigenvalue weighted by Crippen LogP contribution is 2.27. The van der Waals surface area contributed by atoms with Crippen molar-refractivity contribution in [1.29, 1.82) is 0 Å². The molecule has 0 amide bonds. The third-order valence-corrected chi connectivity index (χ3v) is 6.41. The Morgan fingerprint density at radius 2 is 1.58 bits per heavy atom. The number of rotatable bonds is 13. The third-order valence-electron chi connectivity index (χ3n) is 6.41. The molecule has 1 aliphatic rings. The molecule has 1 aromatic heterocycles. The summed E-state index contributed by atoms with van der Waals surface area (Å²) in [5.41, 5.74) is 1.85. The molecule has 0 unspecified atom stereocenters. The van der Waals surface area contributed by atoms with Gasteiger partial charge in [-0.3, -0.25) is 0 Å². The fraction of sp³-hybridized carbons (Fsp3) is 0.630. The van der Waals surface area contributed by atoms with Crippen LogP contribution in [0.4, 0.5) is 4.39 Å². The fourth-order valence-electron chi connectivity index (χ4n) is 4.41. The summed E-state index contributed by atoms with van der Waals surface area (Å²) < 4.78 is 20.3. The first-order chi connectivity index (χ1) is 15.3. The van der Waals surface area contributed by atoms with Gasteiger partial charge in [-0.15, -0.1) is 0 Å². The van der Waals surface area contributed by atoms with Crippen molar-refractivity contribution in [2.45, 2.75) is 96.8 Å². The predicted octanol–water partition coefficient (Wildman–Crippen LogP) is 7.93. The Hall–Kier alpha value is -1.97. The molecule has 1 heterocycles. The van der Waals surface area contributed by atoms with Gasteiger partial charge in [-0.05, 0) is 55.4 Å². The minimum Gasteiger partial charge on any atom is -0.490 e. The Morgan fingerprint density at radius 1 is 0.903 bits per heavy atom. The topological polar surface area (TPSA) is 35.0 Å². The molecule has 0 spiro atoms. The van der Waals surface area contributed by atoms with Crippen LogP contribution in [0.5, 0.6) is 5.75 Å². The monoisotopic (exact) mass is 426 g/mol. The first kappa shape index (κ1) is 23.7. The van der Waals surface area contributed by atoms with Crippen molar-refractivity contribution in [2.75, 3.05) is 6.61 Å². The molecule has 0 saturated heterocycles. The van der Waals surface area contributed by atoms with Crippen LogP contribution in [-0.2, 0) is 6.42 Å². The lowest BCUT2D eigenvalue weighted by atomic mass is 9.90. The smallest absolute Gasteiger partial charge is 0.165 e. The Morgan fingerprint density at radius 3 is 2.26 bits per heavy atom. The van der Waals surface area contributed by atoms with Crippen LogP contribution in [0, 0.1) is 11.7 Å². The van der Waals surface area contributed by atoms with Crippen molar-refractivity contribution in [1.82, 2.24) is 9.97 Å². The van der Waals surface area contributed by atoms with Gasteiger partial charge in [-0.2, -0.15) is 0 Å². The predicted molar refractivity (Wildman–Crippen MR) is 126 cm³/mol. The average Bonchev–Trinajstić information content (AvgIpc) is 2.81. The van der Waals surface area contributed by atoms with Crippen LogP contribution in [0.3, 0.4) is 0 Å². The first-order valence-corrected chi connectivity index (χ1v) is 12.5. The molecule has 0 N–H and O–H groups in total. The zero-order chi connectivity index (χ0) is 21.7. The van der Waals surface area contributed by atoms with E-state index < -0.39 is 0 Å². The Bertz CT molecular complexity index is 756. The van der Waals surface area contributed by atoms with Gasteiger partial charge < -0.3 is 4.74 Å². The van der Waals surface area contributed by atoms with Gasteiger partial charge in [0.05, 0.1) is 6.61 Å². The summed E-state index contributed by atoms with van der Waals surface area (Å²) in [5.74, 6) is 1.13. The summed E-state index contributed by atoms with van der Waals surface area (Å²) in [6.45, 7) is 2.87. The zero-order valence-corrected chi connectivity index (χ0v) is 19.3. The molecule has 170 valence electrons. The van der Waals surface area contributed by atoms with E-state index in [2.05, 4.69) is 16.9 Å². The molecule has 3 rings (SSSR count). The minimum absolute atomic E-state index is 0.333. The standard InChI is InChI=1S/C27H39FN2O/c1-2-3-4-5-6-7-8-10-15-23-19-29-27(30-20-23)24-16-17-26(25(28)18-24)31-21-22-13-11-9-12-14-22/h16-20,22H,2-15,21H2,1H3. The van der Waals surface area contributed by atoms with E-state index in [1.807, 2.05) is 18.5 Å². The average molecular weight is 427 g/mol. The highest BCUT2D eigenvalue weighted by molar-refractivity contribution is 5.56. The van der Waals surface area contributed by atoms with Crippen molar-refractivity contribution >= 4 is 0 Å². The van der Waals surface area contributed by atoms with Crippen LogP contribution in [-0.4, -0.2) is 16.6 Å². The lowest BCUT2D eigenvalue weighted by Crippen LogP contribution is -2.15. The molecule has 0 radical (unpaired) electrons. The van der Waals surface area contributed by atoms with E-state index in [-0.39, 0.29) is 5.82 Å². The van der Waals surface area contributed by atoms with Crippen molar-refractivity contribution in [3.8, 4) is 17.1 Å². The van der Waals surface area contributed by atoms with Gasteiger partial charge in [0, 0.05) is 18.0 Å². The molecule has 4 heteroatoms. The van der Waals surface area contributed by atoms with Crippen molar-refractivity contribution in [2.24, 2.45) is 5.92 Å². The number of hydrogen-bond donors (Lipinski definition) is 0. The second-order valence-electron chi connectivity index (χ2n) is 9.10. The number of unbranched alkanes of at least 4 members (excludes halogenated alkanes) is 7. The van der Waals surface area contributed by atoms with Gasteiger partial charge in [0.1, 0.15) is 0 Å². The Kier molecular flexibility index (Phi) is 10.3. The number of ether oxygens (including phenoxy) is 1. The van der Waals surface area contributed by atoms with E-state index in [4.69, 9.17) is 4.74 Å². The van der Waals surface area contributed by atoms with E-state index >= 15 is 0 Å². The van der Waals surface area contributed by atoms with Gasteiger partial charge in [-0.1, -0.05) is 71.1 Å². The van der Waals surface area contributed by atoms with E-state index in [0.717, 1.165) is 12.0 Å². The number of nitrogens with zero attached hydrogens (tertiary/aromatic N) is 2. The molecule has 0 aliphatic heterocycles. The quantitative estimate of drug-likeness (QED) is 0.305. The molecule has 2 aromatic rings. The highest BCUT2D eigenvalue weighted by Gasteiger charge is 2.15. The summed E-state index contributed by atoms with van der Waals surface area (Å²) in [5, 5.41) is 0. The Balaban J connectivity index is 1.42. The van der Waals surface area contributed by atoms with Gasteiger partial charge >= 0.3 is 0 Å². The van der Waals surface area contributed by atoms with Crippen LogP contribution in [0.2, 0.25) is 0 Å². The number of aryl methyl sites for hydroxylation is 1. The van der Waals surface area contributed by atoms with Gasteiger partial charge in [0.15, 0.2) is 17.4 Å². The number of aromatic nitrogens is 2. The molecule has 0 bridgehead atoms. The largest absolute Gasteiger partial charge is 0.490 e. The molecule has 1 aromatic carbocycles. The summed E-state index contributed by atoms with van der Waals surface area (Å²) in [6, 6.07) is 5.06. The van der Waals surface area contributed by atoms with E-state index in [1.165, 1.54) is 89.5 Å². The van der Waals surface area contributed by atoms with Crippen LogP contribution >= 0.6 is 0 Å². The summed E-state index contributed by atoms with van der Waals surface area (Å²) >= 11 is 0. The van der Waals surface area contributed by atoms with Crippen molar-refractivity contribution < 1.29 is 9.13 Å². The molecule has 1 aliphatic carbocycles. The maximum absolute atomic E-state index is 14.5. The van der Waals surface area contributed by atoms with Crippen LogP contribution < -0.4 is 4.74 Å². The Labute approximate surface area is 187 Å². The summed E-state index contributed by atoms with van der Waals surface area (Å²) in [6.07, 6.45) is 21.5. The highest BCUT2D eigenvalue weighted by atomic mass is 19.1. The van der Waals surface area contributed by atoms with Gasteiger partial charge in [0.2, 0.25) is 0 Å². The fourth-order valence-corrected chi connectivity index (χ4v) is 4.41. The third kappa shape index (κ3) is 8.23. The molecule has 0 atom stereocenters. The maximum atomic E-state index is 14.5. The van der Waals surface area contributed by atoms with Crippen LogP contribution in [0.25, 0.3) is 11.4 Å². The summed E-state index contributed by atoms with van der Waals surface area (Å²) in [7, 11) is 0. The molecular formula is C27H39FN2O. The second kappa shape index (κ2) is 13.4. The summed E-state index contributed by atoms with van der Waals surface area (Å²) in [4.78, 5) is 8.94. The number of halogens is 1. The molecule has 31 heavy (non-hydrogen) atoms. The van der Waals surface area contributed by atoms with Crippen LogP contribution in [0.15, 0.2) is 30.6 Å². The van der Waals surface area contributed by atoms with Crippen LogP contribution in [0.1, 0.15) is 96.0 Å². The van der Waals surface area contributed by atoms with Gasteiger partial charge in [0.25, 0.3) is 0 Å². The van der Waals surface area contributed by atoms with E-state index in [9.17, 15) is 4.39 Å². The van der Waals surface area contributed by atoms with E-state index in [0.29, 0.717) is 29.7 Å². The normalized spacial score (nSPS) is 14.6. The number of benzene rings is 1. The molecular weight excluding hydrogens is 387 g/mol.